The predicted molar refractivity (Wildman–Crippen MR) is 88.1 cm³/mol. The van der Waals surface area contributed by atoms with Gasteiger partial charge < -0.3 is 20.4 Å². The number of nitrogens with one attached hydrogen (secondary N) is 1. The number of aliphatic carboxylic acids is 1. The molecule has 0 saturated carbocycles. The third-order valence-electron chi connectivity index (χ3n) is 4.19. The molecular weight excluding hydrogens is 346 g/mol. The summed E-state index contributed by atoms with van der Waals surface area (Å²) in [6.07, 6.45) is -1.37. The monoisotopic (exact) mass is 365 g/mol. The zero-order valence-corrected chi connectivity index (χ0v) is 14.0. The first-order chi connectivity index (χ1) is 12.2. The van der Waals surface area contributed by atoms with Gasteiger partial charge in [0.2, 0.25) is 12.5 Å². The van der Waals surface area contributed by atoms with Gasteiger partial charge in [-0.2, -0.15) is 0 Å². The van der Waals surface area contributed by atoms with Crippen LogP contribution >= 0.6 is 0 Å². The van der Waals surface area contributed by atoms with E-state index in [1.54, 1.807) is 24.3 Å². The number of aliphatic hydroxyl groups is 1. The molecule has 10 heteroatoms. The quantitative estimate of drug-likeness (QED) is 0.426. The van der Waals surface area contributed by atoms with Crippen LogP contribution in [-0.4, -0.2) is 69.1 Å². The Morgan fingerprint density at radius 2 is 2.04 bits per heavy atom. The van der Waals surface area contributed by atoms with Gasteiger partial charge in [0.25, 0.3) is 5.91 Å². The van der Waals surface area contributed by atoms with Crippen molar-refractivity contribution in [3.05, 3.63) is 45.5 Å². The van der Waals surface area contributed by atoms with Gasteiger partial charge in [-0.3, -0.25) is 19.7 Å². The average Bonchev–Trinajstić information content (AvgIpc) is 2.55. The molecular formula is C16H19N3O7. The summed E-state index contributed by atoms with van der Waals surface area (Å²) in [5.74, 6) is -2.74. The number of hydrogen-bond acceptors (Lipinski definition) is 6. The molecule has 0 fully saturated rings. The van der Waals surface area contributed by atoms with Crippen molar-refractivity contribution in [1.82, 2.24) is 10.2 Å². The van der Waals surface area contributed by atoms with Crippen molar-refractivity contribution < 1.29 is 29.5 Å². The number of fused-ring (bicyclic) bond motifs is 1. The first-order valence-corrected chi connectivity index (χ1v) is 7.91. The highest BCUT2D eigenvalue weighted by molar-refractivity contribution is 5.97. The highest BCUT2D eigenvalue weighted by atomic mass is 16.6. The van der Waals surface area contributed by atoms with Crippen LogP contribution in [0.3, 0.4) is 0 Å². The minimum Gasteiger partial charge on any atom is -0.480 e. The van der Waals surface area contributed by atoms with Crippen LogP contribution in [0.25, 0.3) is 0 Å². The molecule has 140 valence electrons. The Morgan fingerprint density at radius 3 is 2.62 bits per heavy atom. The second-order valence-corrected chi connectivity index (χ2v) is 6.00. The molecule has 0 spiro atoms. The average molecular weight is 365 g/mol. The fourth-order valence-corrected chi connectivity index (χ4v) is 3.11. The zero-order chi connectivity index (χ0) is 19.4. The summed E-state index contributed by atoms with van der Waals surface area (Å²) in [6.45, 7) is 0.193. The minimum absolute atomic E-state index is 0.0681. The van der Waals surface area contributed by atoms with Crippen molar-refractivity contribution in [2.75, 3.05) is 13.1 Å². The predicted octanol–water partition coefficient (Wildman–Crippen LogP) is -0.720. The number of benzene rings is 1. The molecule has 26 heavy (non-hydrogen) atoms. The lowest BCUT2D eigenvalue weighted by atomic mass is 9.93. The van der Waals surface area contributed by atoms with Gasteiger partial charge in [-0.15, -0.1) is 0 Å². The lowest BCUT2D eigenvalue weighted by Crippen LogP contribution is -2.63. The van der Waals surface area contributed by atoms with E-state index < -0.39 is 47.4 Å². The summed E-state index contributed by atoms with van der Waals surface area (Å²) in [5, 5.41) is 32.7. The largest absolute Gasteiger partial charge is 0.480 e. The van der Waals surface area contributed by atoms with E-state index in [1.165, 1.54) is 0 Å². The van der Waals surface area contributed by atoms with E-state index in [0.717, 1.165) is 17.4 Å². The summed E-state index contributed by atoms with van der Waals surface area (Å²) < 4.78 is 0. The summed E-state index contributed by atoms with van der Waals surface area (Å²) in [4.78, 5) is 46.9. The summed E-state index contributed by atoms with van der Waals surface area (Å²) in [7, 11) is 0. The van der Waals surface area contributed by atoms with E-state index in [0.29, 0.717) is 12.0 Å². The van der Waals surface area contributed by atoms with Gasteiger partial charge in [0, 0.05) is 24.0 Å². The maximum atomic E-state index is 12.8. The molecule has 1 heterocycles. The zero-order valence-electron chi connectivity index (χ0n) is 14.0. The van der Waals surface area contributed by atoms with Crippen molar-refractivity contribution >= 4 is 17.8 Å². The number of amides is 2. The lowest BCUT2D eigenvalue weighted by molar-refractivity contribution is -0.491. The third kappa shape index (κ3) is 4.14. The van der Waals surface area contributed by atoms with Crippen molar-refractivity contribution in [2.45, 2.75) is 31.5 Å². The standard InChI is InChI=1S/C16H19N3O7/c1-9(20)17-13(16(23)24)14(12(21)8-19(25)26)18-7-6-10-4-2-3-5-11(10)15(18)22/h2-5,12-14,21H,6-8H2,1H3,(H,17,20)(H,23,24). The van der Waals surface area contributed by atoms with Crippen LogP contribution in [-0.2, 0) is 16.0 Å². The first kappa shape index (κ1) is 19.3. The van der Waals surface area contributed by atoms with Crippen molar-refractivity contribution in [3.63, 3.8) is 0 Å². The third-order valence-corrected chi connectivity index (χ3v) is 4.19. The number of rotatable bonds is 7. The molecule has 10 nitrogen and oxygen atoms in total. The number of nitrogens with zero attached hydrogens (tertiary/aromatic N) is 2. The van der Waals surface area contributed by atoms with E-state index in [4.69, 9.17) is 0 Å². The summed E-state index contributed by atoms with van der Waals surface area (Å²) in [6, 6.07) is 3.56. The normalized spacial score (nSPS) is 17.0. The number of carboxylic acid groups (broad SMARTS) is 1. The van der Waals surface area contributed by atoms with Gasteiger partial charge in [-0.25, -0.2) is 4.79 Å². The smallest absolute Gasteiger partial charge is 0.328 e. The maximum Gasteiger partial charge on any atom is 0.328 e. The fraction of sp³-hybridized carbons (Fsp3) is 0.438. The molecule has 3 atom stereocenters. The fourth-order valence-electron chi connectivity index (χ4n) is 3.11. The number of carbonyl (C=O) groups excluding carboxylic acids is 2. The number of hydrogen-bond donors (Lipinski definition) is 3. The van der Waals surface area contributed by atoms with E-state index in [1.807, 2.05) is 0 Å². The number of carbonyl (C=O) groups is 3. The molecule has 1 aliphatic heterocycles. The second kappa shape index (κ2) is 7.91. The first-order valence-electron chi connectivity index (χ1n) is 7.91. The minimum atomic E-state index is -1.77. The van der Waals surface area contributed by atoms with Crippen molar-refractivity contribution in [3.8, 4) is 0 Å². The SMILES string of the molecule is CC(=O)NC(C(=O)O)C(C(O)C[N+](=O)[O-])N1CCc2ccccc2C1=O. The van der Waals surface area contributed by atoms with Crippen LogP contribution in [0, 0.1) is 10.1 Å². The Hall–Kier alpha value is -3.01. The van der Waals surface area contributed by atoms with E-state index in [9.17, 15) is 34.7 Å². The molecule has 0 aliphatic carbocycles. The molecule has 2 rings (SSSR count). The maximum absolute atomic E-state index is 12.8. The van der Waals surface area contributed by atoms with Crippen LogP contribution in [0.2, 0.25) is 0 Å². The van der Waals surface area contributed by atoms with Gasteiger partial charge >= 0.3 is 5.97 Å². The van der Waals surface area contributed by atoms with Crippen molar-refractivity contribution in [2.24, 2.45) is 0 Å². The van der Waals surface area contributed by atoms with Crippen LogP contribution in [0.4, 0.5) is 0 Å². The molecule has 0 aromatic heterocycles. The van der Waals surface area contributed by atoms with Crippen LogP contribution in [0.5, 0.6) is 0 Å². The van der Waals surface area contributed by atoms with E-state index in [2.05, 4.69) is 5.32 Å². The summed E-state index contributed by atoms with van der Waals surface area (Å²) >= 11 is 0. The number of carboxylic acids is 1. The molecule has 0 bridgehead atoms. The molecule has 1 aromatic carbocycles. The Kier molecular flexibility index (Phi) is 5.88. The molecule has 0 radical (unpaired) electrons. The lowest BCUT2D eigenvalue weighted by Gasteiger charge is -2.39. The Labute approximate surface area is 148 Å². The Balaban J connectivity index is 2.43. The molecule has 2 amide bonds. The van der Waals surface area contributed by atoms with Gasteiger partial charge in [0.1, 0.15) is 12.1 Å². The Morgan fingerprint density at radius 1 is 1.38 bits per heavy atom. The van der Waals surface area contributed by atoms with E-state index in [-0.39, 0.29) is 6.54 Å². The highest BCUT2D eigenvalue weighted by Gasteiger charge is 2.44. The molecule has 1 aliphatic rings. The van der Waals surface area contributed by atoms with Crippen LogP contribution in [0.15, 0.2) is 24.3 Å². The molecule has 3 unspecified atom stereocenters. The number of aliphatic hydroxyl groups excluding tert-OH is 1. The number of nitro groups is 1. The highest BCUT2D eigenvalue weighted by Crippen LogP contribution is 2.23. The van der Waals surface area contributed by atoms with Gasteiger partial charge in [0.05, 0.1) is 6.04 Å². The Bertz CT molecular complexity index is 736. The van der Waals surface area contributed by atoms with Crippen LogP contribution in [0.1, 0.15) is 22.8 Å². The van der Waals surface area contributed by atoms with E-state index >= 15 is 0 Å². The second-order valence-electron chi connectivity index (χ2n) is 6.00. The molecule has 3 N–H and O–H groups in total. The van der Waals surface area contributed by atoms with Gasteiger partial charge in [-0.05, 0) is 18.1 Å². The summed E-state index contributed by atoms with van der Waals surface area (Å²) in [5.41, 5.74) is 1.10. The van der Waals surface area contributed by atoms with Crippen molar-refractivity contribution in [1.29, 1.82) is 0 Å². The topological polar surface area (TPSA) is 150 Å². The van der Waals surface area contributed by atoms with Gasteiger partial charge in [-0.1, -0.05) is 18.2 Å². The van der Waals surface area contributed by atoms with Gasteiger partial charge in [0.15, 0.2) is 0 Å². The molecule has 0 saturated heterocycles. The van der Waals surface area contributed by atoms with Crippen LogP contribution < -0.4 is 5.32 Å². The molecule has 1 aromatic rings.